The zero-order valence-corrected chi connectivity index (χ0v) is 75.0. The van der Waals surface area contributed by atoms with E-state index in [0.29, 0.717) is 50.0 Å². The number of nitrogens with one attached hydrogen (secondary N) is 4. The van der Waals surface area contributed by atoms with Crippen molar-refractivity contribution in [1.29, 1.82) is 21.0 Å². The number of likely N-dealkylation sites (N-methyl/N-ethyl adjacent to an activating group) is 2. The Morgan fingerprint density at radius 2 is 0.704 bits per heavy atom. The minimum Gasteiger partial charge on any atom is -0.361 e. The molecule has 0 amide bonds. The standard InChI is InChI=1S/C26H30N4.2C25H28N4.C24H24F3N5.5CH4/c1-14-15(2)24(20-9-10-30(8)25(20)16(14)3)26(6,28-7)19-11-21-17(4)22(13-27)18(5)29-23(21)12-19;1-13-14(2)23(19-8-9-29(7)24(19)15(13)3)25(6,27)18-10-20-16(4)21(12-26)17(5)28-22(20)11-18;1-13-14(2)23(19-8-9-28-24(19)15(13)3)25(6,27-7)18-10-20-16(4)21(12-26)17(5)29-22(20)11-18;1-11-12(2)18(16-8-9-32(7)20(16)13(11)3)23(6,24(25,26)27)22-30-19-14(4)17(10-28)15(5)29-21(19)31-22;;;;;/h9-11,28H,12H2,1-8H3;8-10H,11,27H2,1-7H3;8-10,27-28H,11H2,1-7H3;8-9H,1-7H3,(H,29,30,31);5*1H4. The third-order valence-electron chi connectivity index (χ3n) is 28.3. The molecule has 9 aromatic heterocycles. The number of hydrogen-bond acceptors (Lipinski definition) is 12. The van der Waals surface area contributed by atoms with Gasteiger partial charge < -0.3 is 40.0 Å². The molecule has 0 radical (unpaired) electrons. The summed E-state index contributed by atoms with van der Waals surface area (Å²) in [5, 5.41) is 49.7. The van der Waals surface area contributed by atoms with Crippen LogP contribution in [0.5, 0.6) is 0 Å². The highest BCUT2D eigenvalue weighted by Gasteiger charge is 2.58. The van der Waals surface area contributed by atoms with Crippen molar-refractivity contribution < 1.29 is 13.2 Å². The van der Waals surface area contributed by atoms with E-state index in [4.69, 9.17) is 20.7 Å². The molecule has 0 fully saturated rings. The van der Waals surface area contributed by atoms with Crippen molar-refractivity contribution in [2.45, 2.75) is 251 Å². The number of nitrogens with two attached hydrogens (primary N) is 1. The summed E-state index contributed by atoms with van der Waals surface area (Å²) in [6.45, 7) is 48.4. The molecule has 6 N–H and O–H groups in total. The molecule has 9 heterocycles. The Balaban J connectivity index is 0.000000204. The molecule has 0 aliphatic heterocycles. The maximum Gasteiger partial charge on any atom is 0.405 e. The van der Waals surface area contributed by atoms with Gasteiger partial charge in [0, 0.05) is 109 Å². The van der Waals surface area contributed by atoms with E-state index < -0.39 is 17.1 Å². The normalized spacial score (nSPS) is 14.3. The molecule has 4 aromatic carbocycles. The molecule has 20 heteroatoms. The van der Waals surface area contributed by atoms with Gasteiger partial charge in [0.05, 0.1) is 101 Å². The number of alkyl halides is 3. The van der Waals surface area contributed by atoms with Crippen LogP contribution in [0, 0.1) is 184 Å². The van der Waals surface area contributed by atoms with Crippen LogP contribution in [0.1, 0.15) is 261 Å². The zero-order valence-electron chi connectivity index (χ0n) is 75.0. The molecule has 4 atom stereocenters. The minimum atomic E-state index is -4.64. The quantitative estimate of drug-likeness (QED) is 0.0857. The lowest BCUT2D eigenvalue weighted by Crippen LogP contribution is -2.42. The van der Waals surface area contributed by atoms with Crippen molar-refractivity contribution >= 4 is 73.0 Å². The molecule has 4 unspecified atom stereocenters. The second kappa shape index (κ2) is 35.2. The molecule has 3 aliphatic carbocycles. The molecule has 13 aromatic rings. The smallest absolute Gasteiger partial charge is 0.361 e. The molecule has 0 saturated heterocycles. The summed E-state index contributed by atoms with van der Waals surface area (Å²) < 4.78 is 51.1. The fourth-order valence-corrected chi connectivity index (χ4v) is 20.1. The maximum absolute atomic E-state index is 14.9. The topological polar surface area (TPSA) is 256 Å². The van der Waals surface area contributed by atoms with Gasteiger partial charge >= 0.3 is 6.18 Å². The Bertz CT molecular complexity index is 6870. The Hall–Kier alpha value is -12.0. The summed E-state index contributed by atoms with van der Waals surface area (Å²) >= 11 is 0. The SMILES string of the molecule is C.C.C.C.C.CNC(C)(C1=Cc2c(nc(C)c(C#N)c2C)C1)c1c(C)c(C)c(C)c2[nH]ccc12.CNC(C)(C1=Cc2c(nc(C)c(C#N)c2C)C1)c1c(C)c(C)c(C)c2c1ccn2C.Cc1nc2c(c(C)c1C#N)C=C(C(C)(N)c1c(C)c(C)c(C)c3c1ccn3C)C2.Cc1nc2nc(C(C)(c3c(C)c(C)c(C)c4c3ccn4C)C(F)(F)F)[nH]c2c(C)c1C#N. The number of hydrogen-bond donors (Lipinski definition) is 5. The van der Waals surface area contributed by atoms with Crippen LogP contribution in [0.4, 0.5) is 13.2 Å². The van der Waals surface area contributed by atoms with Crippen LogP contribution < -0.4 is 16.4 Å². The first-order valence-electron chi connectivity index (χ1n) is 40.9. The lowest BCUT2D eigenvalue weighted by molar-refractivity contribution is -0.174. The lowest BCUT2D eigenvalue weighted by Gasteiger charge is -2.35. The van der Waals surface area contributed by atoms with Crippen LogP contribution in [0.2, 0.25) is 0 Å². The van der Waals surface area contributed by atoms with Gasteiger partial charge in [-0.05, 0) is 333 Å². The Morgan fingerprint density at radius 3 is 1.08 bits per heavy atom. The zero-order chi connectivity index (χ0) is 88.0. The van der Waals surface area contributed by atoms with Crippen molar-refractivity contribution in [1.82, 2.24) is 59.2 Å². The van der Waals surface area contributed by atoms with Crippen molar-refractivity contribution in [3.63, 3.8) is 0 Å². The number of nitriles is 4. The van der Waals surface area contributed by atoms with E-state index in [1.165, 1.54) is 118 Å². The fourth-order valence-electron chi connectivity index (χ4n) is 20.1. The van der Waals surface area contributed by atoms with Gasteiger partial charge in [0.15, 0.2) is 5.65 Å². The van der Waals surface area contributed by atoms with Crippen molar-refractivity contribution in [2.75, 3.05) is 14.1 Å². The molecule has 0 bridgehead atoms. The highest BCUT2D eigenvalue weighted by atomic mass is 19.4. The van der Waals surface area contributed by atoms with Crippen LogP contribution >= 0.6 is 0 Å². The molecule has 0 spiro atoms. The lowest BCUT2D eigenvalue weighted by atomic mass is 9.75. The number of aromatic nitrogens is 10. The average Bonchev–Trinajstić information content (AvgIpc) is 1.62. The van der Waals surface area contributed by atoms with Gasteiger partial charge in [0.1, 0.15) is 35.5 Å². The number of fused-ring (bicyclic) bond motifs is 8. The van der Waals surface area contributed by atoms with E-state index in [1.54, 1.807) is 33.0 Å². The summed E-state index contributed by atoms with van der Waals surface area (Å²) in [7, 11) is 10.1. The van der Waals surface area contributed by atoms with Gasteiger partial charge in [-0.3, -0.25) is 15.0 Å². The second-order valence-corrected chi connectivity index (χ2v) is 34.5. The molecule has 0 saturated carbocycles. The number of nitrogens with zero attached hydrogens (tertiary/aromatic N) is 12. The number of aryl methyl sites for hydroxylation is 12. The minimum absolute atomic E-state index is 0. The molecular weight excluding hydrogens is 1560 g/mol. The first kappa shape index (κ1) is 98.4. The molecule has 3 aliphatic rings. The van der Waals surface area contributed by atoms with E-state index in [0.717, 1.165) is 109 Å². The number of H-pyrrole nitrogens is 2. The van der Waals surface area contributed by atoms with Gasteiger partial charge in [-0.1, -0.05) is 55.4 Å². The number of pyridine rings is 4. The summed E-state index contributed by atoms with van der Waals surface area (Å²) in [6, 6.07) is 17.4. The first-order chi connectivity index (χ1) is 56.3. The Morgan fingerprint density at radius 1 is 0.384 bits per heavy atom. The van der Waals surface area contributed by atoms with Crippen LogP contribution in [0.25, 0.3) is 73.0 Å². The third kappa shape index (κ3) is 15.0. The van der Waals surface area contributed by atoms with Crippen molar-refractivity contribution in [3.05, 3.63) is 262 Å². The highest BCUT2D eigenvalue weighted by molar-refractivity contribution is 5.95. The Labute approximate surface area is 739 Å². The predicted molar refractivity (Wildman–Crippen MR) is 513 cm³/mol. The number of benzene rings is 4. The summed E-state index contributed by atoms with van der Waals surface area (Å²) in [5.41, 5.74) is 45.7. The highest BCUT2D eigenvalue weighted by Crippen LogP contribution is 2.52. The van der Waals surface area contributed by atoms with Crippen LogP contribution in [-0.2, 0) is 62.4 Å². The van der Waals surface area contributed by atoms with E-state index in [1.807, 2.05) is 87.3 Å². The van der Waals surface area contributed by atoms with Gasteiger partial charge in [-0.15, -0.1) is 0 Å². The third-order valence-corrected chi connectivity index (χ3v) is 28.3. The summed E-state index contributed by atoms with van der Waals surface area (Å²) in [4.78, 5) is 29.3. The van der Waals surface area contributed by atoms with E-state index in [-0.39, 0.29) is 65.2 Å². The van der Waals surface area contributed by atoms with Gasteiger partial charge in [-0.25, -0.2) is 9.97 Å². The monoisotopic (exact) mass is 1690 g/mol. The van der Waals surface area contributed by atoms with E-state index in [2.05, 4.69) is 210 Å². The molecule has 17 nitrogen and oxygen atoms in total. The van der Waals surface area contributed by atoms with Crippen LogP contribution in [0.15, 0.2) is 65.8 Å². The largest absolute Gasteiger partial charge is 0.405 e. The summed E-state index contributed by atoms with van der Waals surface area (Å²) in [5.74, 6) is -0.235. The van der Waals surface area contributed by atoms with Crippen molar-refractivity contribution in [2.24, 2.45) is 26.9 Å². The maximum atomic E-state index is 14.9. The summed E-state index contributed by atoms with van der Waals surface area (Å²) in [6.07, 6.45) is 12.4. The first-order valence-corrected chi connectivity index (χ1v) is 40.9. The van der Waals surface area contributed by atoms with Gasteiger partial charge in [-0.2, -0.15) is 34.2 Å². The number of imidazole rings is 1. The Kier molecular flexibility index (Phi) is 27.7. The van der Waals surface area contributed by atoms with E-state index in [9.17, 15) is 34.2 Å². The predicted octanol–water partition coefficient (Wildman–Crippen LogP) is 23.8. The molecule has 656 valence electrons. The number of rotatable bonds is 10. The molecule has 16 rings (SSSR count). The molecular formula is C105H130F3N17. The average molecular weight is 1690 g/mol. The van der Waals surface area contributed by atoms with E-state index >= 15 is 0 Å². The van der Waals surface area contributed by atoms with Gasteiger partial charge in [0.2, 0.25) is 0 Å². The van der Waals surface area contributed by atoms with Crippen LogP contribution in [-0.4, -0.2) is 68.9 Å². The fraction of sp³-hybridized carbons (Fsp3) is 0.400. The van der Waals surface area contributed by atoms with Crippen molar-refractivity contribution in [3.8, 4) is 24.3 Å². The van der Waals surface area contributed by atoms with Gasteiger partial charge in [0.25, 0.3) is 0 Å². The molecule has 125 heavy (non-hydrogen) atoms. The number of aromatic amines is 2. The van der Waals surface area contributed by atoms with Crippen LogP contribution in [0.3, 0.4) is 0 Å². The number of halogens is 3. The second-order valence-electron chi connectivity index (χ2n) is 34.5.